The van der Waals surface area contributed by atoms with Crippen molar-refractivity contribution < 1.29 is 9.21 Å². The second-order valence-corrected chi connectivity index (χ2v) is 8.28. The first-order valence-corrected chi connectivity index (χ1v) is 11.2. The molecule has 152 valence electrons. The molecule has 0 bridgehead atoms. The molecule has 0 unspecified atom stereocenters. The molecular weight excluding hydrogens is 384 g/mol. The number of furan rings is 1. The summed E-state index contributed by atoms with van der Waals surface area (Å²) in [6.45, 7) is 2.11. The van der Waals surface area contributed by atoms with Gasteiger partial charge in [0.05, 0.1) is 12.0 Å². The molecule has 29 heavy (non-hydrogen) atoms. The van der Waals surface area contributed by atoms with Crippen LogP contribution in [-0.2, 0) is 11.2 Å². The number of anilines is 1. The molecule has 2 heterocycles. The monoisotopic (exact) mass is 410 g/mol. The molecule has 1 fully saturated rings. The van der Waals surface area contributed by atoms with Crippen molar-refractivity contribution in [3.8, 4) is 11.6 Å². The number of thioether (sulfide) groups is 1. The van der Waals surface area contributed by atoms with Gasteiger partial charge in [0.1, 0.15) is 0 Å². The maximum absolute atomic E-state index is 12.5. The minimum atomic E-state index is -0.0445. The molecule has 4 rings (SSSR count). The quantitative estimate of drug-likeness (QED) is 0.533. The van der Waals surface area contributed by atoms with E-state index in [9.17, 15) is 4.79 Å². The number of nitrogens with zero attached hydrogens (tertiary/aromatic N) is 3. The van der Waals surface area contributed by atoms with Gasteiger partial charge >= 0.3 is 0 Å². The van der Waals surface area contributed by atoms with Crippen molar-refractivity contribution in [3.05, 3.63) is 48.2 Å². The number of hydrogen-bond acceptors (Lipinski definition) is 5. The number of amides is 1. The second kappa shape index (κ2) is 9.31. The molecule has 1 aliphatic rings. The number of rotatable bonds is 7. The number of carbonyl (C=O) groups is 1. The van der Waals surface area contributed by atoms with Crippen molar-refractivity contribution in [3.63, 3.8) is 0 Å². The van der Waals surface area contributed by atoms with Crippen molar-refractivity contribution in [2.24, 2.45) is 0 Å². The van der Waals surface area contributed by atoms with E-state index in [1.54, 1.807) is 6.26 Å². The van der Waals surface area contributed by atoms with Gasteiger partial charge in [0, 0.05) is 11.7 Å². The third-order valence-corrected chi connectivity index (χ3v) is 6.27. The molecular formula is C22H26N4O2S. The van der Waals surface area contributed by atoms with E-state index in [-0.39, 0.29) is 5.91 Å². The zero-order valence-corrected chi connectivity index (χ0v) is 17.5. The normalized spacial score (nSPS) is 14.8. The third kappa shape index (κ3) is 4.72. The van der Waals surface area contributed by atoms with Gasteiger partial charge < -0.3 is 9.73 Å². The predicted molar refractivity (Wildman–Crippen MR) is 115 cm³/mol. The molecule has 7 heteroatoms. The van der Waals surface area contributed by atoms with Crippen LogP contribution in [0.5, 0.6) is 0 Å². The molecule has 1 aliphatic carbocycles. The number of aromatic nitrogens is 3. The first kappa shape index (κ1) is 19.8. The number of aryl methyl sites for hydroxylation is 1. The molecule has 1 aromatic carbocycles. The van der Waals surface area contributed by atoms with E-state index in [0.29, 0.717) is 11.8 Å². The van der Waals surface area contributed by atoms with Crippen LogP contribution >= 0.6 is 11.8 Å². The van der Waals surface area contributed by atoms with Crippen LogP contribution in [0.25, 0.3) is 11.6 Å². The lowest BCUT2D eigenvalue weighted by Crippen LogP contribution is -2.17. The Hall–Kier alpha value is -2.54. The molecule has 0 radical (unpaired) electrons. The van der Waals surface area contributed by atoms with Gasteiger partial charge in [0.2, 0.25) is 11.7 Å². The number of nitrogens with one attached hydrogen (secondary N) is 1. The lowest BCUT2D eigenvalue weighted by Gasteiger charge is -2.25. The highest BCUT2D eigenvalue weighted by Gasteiger charge is 2.25. The van der Waals surface area contributed by atoms with E-state index in [0.717, 1.165) is 41.7 Å². The third-order valence-electron chi connectivity index (χ3n) is 5.32. The Morgan fingerprint density at radius 3 is 2.66 bits per heavy atom. The van der Waals surface area contributed by atoms with Gasteiger partial charge in [-0.25, -0.2) is 0 Å². The number of carbonyl (C=O) groups excluding carboxylic acids is 1. The van der Waals surface area contributed by atoms with Crippen LogP contribution in [0.3, 0.4) is 0 Å². The zero-order valence-electron chi connectivity index (χ0n) is 16.6. The Labute approximate surface area is 175 Å². The van der Waals surface area contributed by atoms with Crippen LogP contribution in [0.15, 0.2) is 52.2 Å². The van der Waals surface area contributed by atoms with Gasteiger partial charge in [-0.2, -0.15) is 0 Å². The number of benzene rings is 1. The lowest BCUT2D eigenvalue weighted by atomic mass is 9.95. The minimum absolute atomic E-state index is 0.0445. The highest BCUT2D eigenvalue weighted by atomic mass is 32.2. The SMILES string of the molecule is CCc1ccc(NC(=O)CSc2nnc(-c3ccco3)n2C2CCCCC2)cc1. The first-order chi connectivity index (χ1) is 14.2. The van der Waals surface area contributed by atoms with Gasteiger partial charge in [0.25, 0.3) is 0 Å². The topological polar surface area (TPSA) is 73.0 Å². The fraction of sp³-hybridized carbons (Fsp3) is 0.409. The van der Waals surface area contributed by atoms with Crippen molar-refractivity contribution in [1.29, 1.82) is 0 Å². The average molecular weight is 411 g/mol. The van der Waals surface area contributed by atoms with Crippen LogP contribution in [0, 0.1) is 0 Å². The fourth-order valence-corrected chi connectivity index (χ4v) is 4.57. The minimum Gasteiger partial charge on any atom is -0.461 e. The Morgan fingerprint density at radius 1 is 1.17 bits per heavy atom. The van der Waals surface area contributed by atoms with E-state index < -0.39 is 0 Å². The van der Waals surface area contributed by atoms with Gasteiger partial charge in [0.15, 0.2) is 10.9 Å². The Balaban J connectivity index is 1.46. The maximum Gasteiger partial charge on any atom is 0.234 e. The second-order valence-electron chi connectivity index (χ2n) is 7.33. The van der Waals surface area contributed by atoms with E-state index in [2.05, 4.69) is 27.0 Å². The highest BCUT2D eigenvalue weighted by molar-refractivity contribution is 7.99. The van der Waals surface area contributed by atoms with E-state index >= 15 is 0 Å². The summed E-state index contributed by atoms with van der Waals surface area (Å²) in [5.41, 5.74) is 2.07. The molecule has 1 amide bonds. The molecule has 1 N–H and O–H groups in total. The first-order valence-electron chi connectivity index (χ1n) is 10.2. The largest absolute Gasteiger partial charge is 0.461 e. The highest BCUT2D eigenvalue weighted by Crippen LogP contribution is 2.35. The molecule has 6 nitrogen and oxygen atoms in total. The van der Waals surface area contributed by atoms with Crippen molar-refractivity contribution in [1.82, 2.24) is 14.8 Å². The van der Waals surface area contributed by atoms with Crippen molar-refractivity contribution >= 4 is 23.4 Å². The summed E-state index contributed by atoms with van der Waals surface area (Å²) in [5, 5.41) is 12.5. The summed E-state index contributed by atoms with van der Waals surface area (Å²) in [6, 6.07) is 12.1. The summed E-state index contributed by atoms with van der Waals surface area (Å²) in [4.78, 5) is 12.5. The van der Waals surface area contributed by atoms with Gasteiger partial charge in [-0.05, 0) is 49.1 Å². The summed E-state index contributed by atoms with van der Waals surface area (Å²) in [7, 11) is 0. The summed E-state index contributed by atoms with van der Waals surface area (Å²) >= 11 is 1.43. The van der Waals surface area contributed by atoms with Crippen molar-refractivity contribution in [2.45, 2.75) is 56.6 Å². The zero-order chi connectivity index (χ0) is 20.1. The maximum atomic E-state index is 12.5. The predicted octanol–water partition coefficient (Wildman–Crippen LogP) is 5.34. The molecule has 0 atom stereocenters. The molecule has 3 aromatic rings. The summed E-state index contributed by atoms with van der Waals surface area (Å²) < 4.78 is 7.75. The fourth-order valence-electron chi connectivity index (χ4n) is 3.77. The molecule has 1 saturated carbocycles. The summed E-state index contributed by atoms with van der Waals surface area (Å²) in [6.07, 6.45) is 8.54. The van der Waals surface area contributed by atoms with Gasteiger partial charge in [-0.1, -0.05) is 50.1 Å². The van der Waals surface area contributed by atoms with E-state index in [1.165, 1.54) is 36.6 Å². The number of hydrogen-bond donors (Lipinski definition) is 1. The van der Waals surface area contributed by atoms with Crippen molar-refractivity contribution in [2.75, 3.05) is 11.1 Å². The van der Waals surface area contributed by atoms with Crippen LogP contribution in [-0.4, -0.2) is 26.4 Å². The molecule has 0 saturated heterocycles. The average Bonchev–Trinajstić information content (AvgIpc) is 3.43. The van der Waals surface area contributed by atoms with Crippen LogP contribution < -0.4 is 5.32 Å². The van der Waals surface area contributed by atoms with Gasteiger partial charge in [-0.3, -0.25) is 9.36 Å². The molecule has 0 spiro atoms. The van der Waals surface area contributed by atoms with Gasteiger partial charge in [-0.15, -0.1) is 10.2 Å². The lowest BCUT2D eigenvalue weighted by molar-refractivity contribution is -0.113. The Bertz CT molecular complexity index is 928. The standard InChI is InChI=1S/C22H26N4O2S/c1-2-16-10-12-17(13-11-16)23-20(27)15-29-22-25-24-21(19-9-6-14-28-19)26(22)18-7-4-3-5-8-18/h6,9-14,18H,2-5,7-8,15H2,1H3,(H,23,27). The van der Waals surface area contributed by atoms with E-state index in [4.69, 9.17) is 4.42 Å². The summed E-state index contributed by atoms with van der Waals surface area (Å²) in [5.74, 6) is 1.71. The smallest absolute Gasteiger partial charge is 0.234 e. The van der Waals surface area contributed by atoms with Crippen LogP contribution in [0.1, 0.15) is 50.6 Å². The van der Waals surface area contributed by atoms with E-state index in [1.807, 2.05) is 36.4 Å². The Kier molecular flexibility index (Phi) is 6.34. The molecule has 0 aliphatic heterocycles. The van der Waals surface area contributed by atoms with Crippen LogP contribution in [0.2, 0.25) is 0 Å². The molecule has 2 aromatic heterocycles. The Morgan fingerprint density at radius 2 is 1.97 bits per heavy atom. The van der Waals surface area contributed by atoms with Crippen LogP contribution in [0.4, 0.5) is 5.69 Å².